The summed E-state index contributed by atoms with van der Waals surface area (Å²) in [5, 5.41) is 2.96. The molecule has 0 aromatic carbocycles. The van der Waals surface area contributed by atoms with Crippen LogP contribution in [0, 0.1) is 0 Å². The van der Waals surface area contributed by atoms with Crippen LogP contribution in [0.4, 0.5) is 0 Å². The highest BCUT2D eigenvalue weighted by Gasteiger charge is 1.88. The second-order valence-electron chi connectivity index (χ2n) is 2.05. The first kappa shape index (κ1) is 9.19. The third-order valence-electron chi connectivity index (χ3n) is 0.872. The number of hydrogen-bond acceptors (Lipinski definition) is 3. The van der Waals surface area contributed by atoms with E-state index in [2.05, 4.69) is 10.3 Å². The van der Waals surface area contributed by atoms with E-state index in [4.69, 9.17) is 17.2 Å². The van der Waals surface area contributed by atoms with Gasteiger partial charge in [0.05, 0.1) is 12.7 Å². The second-order valence-corrected chi connectivity index (χ2v) is 2.05. The molecule has 0 bridgehead atoms. The summed E-state index contributed by atoms with van der Waals surface area (Å²) in [4.78, 5) is 3.75. The molecule has 5 nitrogen and oxygen atoms in total. The van der Waals surface area contributed by atoms with E-state index in [1.807, 2.05) is 6.92 Å². The van der Waals surface area contributed by atoms with E-state index in [9.17, 15) is 0 Å². The van der Waals surface area contributed by atoms with E-state index in [0.29, 0.717) is 13.1 Å². The molecule has 0 saturated heterocycles. The van der Waals surface area contributed by atoms with Crippen LogP contribution in [0.1, 0.15) is 6.92 Å². The molecule has 0 saturated carbocycles. The molecule has 0 aromatic heterocycles. The summed E-state index contributed by atoms with van der Waals surface area (Å²) in [5.41, 5.74) is 15.5. The molecule has 5 heteroatoms. The zero-order chi connectivity index (χ0) is 7.98. The summed E-state index contributed by atoms with van der Waals surface area (Å²) < 4.78 is 0. The maximum Gasteiger partial charge on any atom is 0.185 e. The van der Waals surface area contributed by atoms with Crippen LogP contribution >= 0.6 is 0 Å². The van der Waals surface area contributed by atoms with Crippen LogP contribution in [0.2, 0.25) is 0 Å². The average molecular weight is 145 g/mol. The van der Waals surface area contributed by atoms with Gasteiger partial charge in [-0.15, -0.1) is 0 Å². The maximum atomic E-state index is 5.39. The fraction of sp³-hybridized carbons (Fsp3) is 0.800. The zero-order valence-corrected chi connectivity index (χ0v) is 6.17. The molecule has 0 amide bonds. The van der Waals surface area contributed by atoms with Crippen LogP contribution < -0.4 is 22.5 Å². The summed E-state index contributed by atoms with van der Waals surface area (Å²) in [6, 6.07) is 0. The quantitative estimate of drug-likeness (QED) is 0.161. The van der Waals surface area contributed by atoms with Crippen LogP contribution in [-0.2, 0) is 0 Å². The first-order chi connectivity index (χ1) is 4.63. The molecule has 0 radical (unpaired) electrons. The van der Waals surface area contributed by atoms with Crippen molar-refractivity contribution in [1.82, 2.24) is 5.32 Å². The highest BCUT2D eigenvalue weighted by atomic mass is 15.0. The number of hydrogen-bond donors (Lipinski definition) is 4. The minimum Gasteiger partial charge on any atom is -0.370 e. The molecule has 7 N–H and O–H groups in total. The second kappa shape index (κ2) is 5.01. The zero-order valence-electron chi connectivity index (χ0n) is 6.17. The Hall–Kier alpha value is -0.810. The fourth-order valence-electron chi connectivity index (χ4n) is 0.477. The Kier molecular flexibility index (Phi) is 4.61. The monoisotopic (exact) mass is 145 g/mol. The van der Waals surface area contributed by atoms with E-state index >= 15 is 0 Å². The topological polar surface area (TPSA) is 102 Å². The van der Waals surface area contributed by atoms with Gasteiger partial charge in [-0.25, -0.2) is 0 Å². The lowest BCUT2D eigenvalue weighted by Gasteiger charge is -2.04. The average Bonchev–Trinajstić information content (AvgIpc) is 1.79. The van der Waals surface area contributed by atoms with Gasteiger partial charge in [0.25, 0.3) is 0 Å². The van der Waals surface area contributed by atoms with E-state index in [1.165, 1.54) is 0 Å². The van der Waals surface area contributed by atoms with E-state index in [0.717, 1.165) is 0 Å². The first-order valence-electron chi connectivity index (χ1n) is 3.17. The third kappa shape index (κ3) is 7.19. The van der Waals surface area contributed by atoms with Crippen molar-refractivity contribution in [2.45, 2.75) is 13.1 Å². The molecule has 1 unspecified atom stereocenters. The van der Waals surface area contributed by atoms with Crippen molar-refractivity contribution in [3.8, 4) is 0 Å². The standard InChI is InChI=1S/C5H15N5/c1-4(6)9-2-3-10-5(7)8/h4,9H,2-3,6H2,1H3,(H4,7,8,10). The highest BCUT2D eigenvalue weighted by Crippen LogP contribution is 1.68. The molecule has 0 heterocycles. The van der Waals surface area contributed by atoms with Crippen molar-refractivity contribution in [3.05, 3.63) is 0 Å². The van der Waals surface area contributed by atoms with Gasteiger partial charge in [-0.3, -0.25) is 4.99 Å². The lowest BCUT2D eigenvalue weighted by molar-refractivity contribution is 0.574. The van der Waals surface area contributed by atoms with Gasteiger partial charge in [0.2, 0.25) is 0 Å². The van der Waals surface area contributed by atoms with E-state index in [-0.39, 0.29) is 12.1 Å². The highest BCUT2D eigenvalue weighted by molar-refractivity contribution is 5.75. The summed E-state index contributed by atoms with van der Waals surface area (Å²) in [7, 11) is 0. The number of nitrogens with two attached hydrogens (primary N) is 3. The molecular formula is C5H15N5. The third-order valence-corrected chi connectivity index (χ3v) is 0.872. The van der Waals surface area contributed by atoms with Crippen molar-refractivity contribution in [1.29, 1.82) is 0 Å². The smallest absolute Gasteiger partial charge is 0.185 e. The van der Waals surface area contributed by atoms with Crippen molar-refractivity contribution in [3.63, 3.8) is 0 Å². The van der Waals surface area contributed by atoms with Gasteiger partial charge < -0.3 is 22.5 Å². The largest absolute Gasteiger partial charge is 0.370 e. The van der Waals surface area contributed by atoms with Gasteiger partial charge in [0.1, 0.15) is 0 Å². The van der Waals surface area contributed by atoms with Crippen LogP contribution in [-0.4, -0.2) is 25.2 Å². The van der Waals surface area contributed by atoms with Gasteiger partial charge in [-0.1, -0.05) is 0 Å². The maximum absolute atomic E-state index is 5.39. The van der Waals surface area contributed by atoms with Crippen LogP contribution in [0.3, 0.4) is 0 Å². The minimum absolute atomic E-state index is 0.00537. The summed E-state index contributed by atoms with van der Waals surface area (Å²) in [6.45, 7) is 3.13. The lowest BCUT2D eigenvalue weighted by atomic mass is 10.5. The van der Waals surface area contributed by atoms with Crippen molar-refractivity contribution in [2.75, 3.05) is 13.1 Å². The molecule has 0 aliphatic rings. The Morgan fingerprint density at radius 2 is 2.20 bits per heavy atom. The molecule has 0 aliphatic carbocycles. The number of rotatable bonds is 4. The number of nitrogens with zero attached hydrogens (tertiary/aromatic N) is 1. The Morgan fingerprint density at radius 3 is 2.60 bits per heavy atom. The van der Waals surface area contributed by atoms with Crippen molar-refractivity contribution in [2.24, 2.45) is 22.2 Å². The Morgan fingerprint density at radius 1 is 1.60 bits per heavy atom. The van der Waals surface area contributed by atoms with Crippen molar-refractivity contribution >= 4 is 5.96 Å². The summed E-state index contributed by atoms with van der Waals surface area (Å²) in [5.74, 6) is 0.117. The molecule has 0 aromatic rings. The molecule has 10 heavy (non-hydrogen) atoms. The van der Waals surface area contributed by atoms with Gasteiger partial charge in [0, 0.05) is 6.54 Å². The van der Waals surface area contributed by atoms with Crippen LogP contribution in [0.5, 0.6) is 0 Å². The first-order valence-corrected chi connectivity index (χ1v) is 3.17. The normalized spacial score (nSPS) is 12.6. The number of guanidine groups is 1. The summed E-state index contributed by atoms with van der Waals surface area (Å²) in [6.07, 6.45) is -0.00537. The van der Waals surface area contributed by atoms with E-state index < -0.39 is 0 Å². The fourth-order valence-corrected chi connectivity index (χ4v) is 0.477. The molecule has 1 atom stereocenters. The molecule has 0 aliphatic heterocycles. The van der Waals surface area contributed by atoms with Crippen LogP contribution in [0.15, 0.2) is 4.99 Å². The molecule has 0 rings (SSSR count). The number of nitrogens with one attached hydrogen (secondary N) is 1. The minimum atomic E-state index is -0.00537. The molecule has 60 valence electrons. The van der Waals surface area contributed by atoms with Gasteiger partial charge in [-0.05, 0) is 6.92 Å². The lowest BCUT2D eigenvalue weighted by Crippen LogP contribution is -2.36. The Labute approximate surface area is 60.7 Å². The molecule has 0 fully saturated rings. The predicted molar refractivity (Wildman–Crippen MR) is 42.3 cm³/mol. The van der Waals surface area contributed by atoms with Crippen molar-refractivity contribution < 1.29 is 0 Å². The Bertz CT molecular complexity index is 105. The Balaban J connectivity index is 3.13. The number of aliphatic imine (C=N–C) groups is 1. The van der Waals surface area contributed by atoms with E-state index in [1.54, 1.807) is 0 Å². The predicted octanol–water partition coefficient (Wildman–Crippen LogP) is -1.85. The SMILES string of the molecule is CC(N)NCCN=C(N)N. The van der Waals surface area contributed by atoms with Gasteiger partial charge >= 0.3 is 0 Å². The molecular weight excluding hydrogens is 130 g/mol. The molecule has 0 spiro atoms. The van der Waals surface area contributed by atoms with Crippen LogP contribution in [0.25, 0.3) is 0 Å². The van der Waals surface area contributed by atoms with Gasteiger partial charge in [-0.2, -0.15) is 0 Å². The van der Waals surface area contributed by atoms with Gasteiger partial charge in [0.15, 0.2) is 5.96 Å². The summed E-state index contributed by atoms with van der Waals surface area (Å²) >= 11 is 0.